The molecule has 0 fully saturated rings. The maximum Gasteiger partial charge on any atom is 0.213 e. The summed E-state index contributed by atoms with van der Waals surface area (Å²) < 4.78 is 5.16. The molecule has 0 spiro atoms. The van der Waals surface area contributed by atoms with E-state index in [0.29, 0.717) is 6.61 Å². The largest absolute Gasteiger partial charge is 0.478 e. The van der Waals surface area contributed by atoms with Crippen molar-refractivity contribution < 1.29 is 4.74 Å². The standard InChI is InChI=1S/C13H13NO/c1-2-15-13(14)12-8-7-10-5-3-4-6-11(10)9-12/h3-9,14H,2H2,1H3. The quantitative estimate of drug-likeness (QED) is 0.584. The van der Waals surface area contributed by atoms with Crippen molar-refractivity contribution >= 4 is 16.7 Å². The Morgan fingerprint density at radius 1 is 1.13 bits per heavy atom. The third-order valence-electron chi connectivity index (χ3n) is 2.30. The first-order valence-electron chi connectivity index (χ1n) is 5.02. The highest BCUT2D eigenvalue weighted by atomic mass is 16.5. The molecular formula is C13H13NO. The molecule has 0 aliphatic carbocycles. The van der Waals surface area contributed by atoms with Gasteiger partial charge in [0.25, 0.3) is 0 Å². The second-order valence-electron chi connectivity index (χ2n) is 3.32. The van der Waals surface area contributed by atoms with Crippen LogP contribution in [0.25, 0.3) is 10.8 Å². The molecule has 15 heavy (non-hydrogen) atoms. The van der Waals surface area contributed by atoms with Gasteiger partial charge in [0, 0.05) is 5.56 Å². The fraction of sp³-hybridized carbons (Fsp3) is 0.154. The van der Waals surface area contributed by atoms with Crippen LogP contribution in [-0.2, 0) is 4.74 Å². The first-order chi connectivity index (χ1) is 7.31. The van der Waals surface area contributed by atoms with Gasteiger partial charge in [-0.15, -0.1) is 0 Å². The van der Waals surface area contributed by atoms with Gasteiger partial charge in [0.2, 0.25) is 5.90 Å². The third-order valence-corrected chi connectivity index (χ3v) is 2.30. The predicted octanol–water partition coefficient (Wildman–Crippen LogP) is 3.20. The molecule has 0 heterocycles. The summed E-state index contributed by atoms with van der Waals surface area (Å²) in [5.41, 5.74) is 0.829. The first-order valence-corrected chi connectivity index (χ1v) is 5.02. The maximum absolute atomic E-state index is 7.68. The van der Waals surface area contributed by atoms with Crippen molar-refractivity contribution in [2.24, 2.45) is 0 Å². The summed E-state index contributed by atoms with van der Waals surface area (Å²) in [7, 11) is 0. The third kappa shape index (κ3) is 1.99. The molecule has 0 aromatic heterocycles. The van der Waals surface area contributed by atoms with Gasteiger partial charge in [0.05, 0.1) is 6.61 Å². The SMILES string of the molecule is CCOC(=N)c1ccc2ccccc2c1. The molecule has 1 N–H and O–H groups in total. The second-order valence-corrected chi connectivity index (χ2v) is 3.32. The minimum atomic E-state index is 0.239. The van der Waals surface area contributed by atoms with Crippen LogP contribution in [0.15, 0.2) is 42.5 Å². The topological polar surface area (TPSA) is 33.1 Å². The molecule has 2 aromatic carbocycles. The van der Waals surface area contributed by atoms with Crippen molar-refractivity contribution in [1.29, 1.82) is 5.41 Å². The molecule has 0 radical (unpaired) electrons. The van der Waals surface area contributed by atoms with Crippen molar-refractivity contribution in [3.8, 4) is 0 Å². The number of benzene rings is 2. The van der Waals surface area contributed by atoms with Gasteiger partial charge in [-0.2, -0.15) is 0 Å². The van der Waals surface area contributed by atoms with E-state index >= 15 is 0 Å². The van der Waals surface area contributed by atoms with Gasteiger partial charge < -0.3 is 4.74 Å². The van der Waals surface area contributed by atoms with Gasteiger partial charge in [0.15, 0.2) is 0 Å². The van der Waals surface area contributed by atoms with E-state index in [4.69, 9.17) is 10.1 Å². The van der Waals surface area contributed by atoms with Crippen LogP contribution in [0.3, 0.4) is 0 Å². The Morgan fingerprint density at radius 3 is 2.60 bits per heavy atom. The highest BCUT2D eigenvalue weighted by molar-refractivity contribution is 5.96. The summed E-state index contributed by atoms with van der Waals surface area (Å²) in [5, 5.41) is 10.0. The lowest BCUT2D eigenvalue weighted by Crippen LogP contribution is -2.04. The summed E-state index contributed by atoms with van der Waals surface area (Å²) in [6.45, 7) is 2.42. The Labute approximate surface area is 89.0 Å². The Kier molecular flexibility index (Phi) is 2.68. The average Bonchev–Trinajstić information content (AvgIpc) is 2.29. The second kappa shape index (κ2) is 4.13. The summed E-state index contributed by atoms with van der Waals surface area (Å²) in [6.07, 6.45) is 0. The van der Waals surface area contributed by atoms with Gasteiger partial charge in [-0.1, -0.05) is 30.3 Å². The smallest absolute Gasteiger partial charge is 0.213 e. The zero-order valence-electron chi connectivity index (χ0n) is 8.66. The molecule has 2 nitrogen and oxygen atoms in total. The summed E-state index contributed by atoms with van der Waals surface area (Å²) in [4.78, 5) is 0. The van der Waals surface area contributed by atoms with Crippen LogP contribution < -0.4 is 0 Å². The highest BCUT2D eigenvalue weighted by Gasteiger charge is 2.02. The van der Waals surface area contributed by atoms with E-state index in [-0.39, 0.29) is 5.90 Å². The van der Waals surface area contributed by atoms with Crippen molar-refractivity contribution in [3.05, 3.63) is 48.0 Å². The van der Waals surface area contributed by atoms with Crippen LogP contribution in [-0.4, -0.2) is 12.5 Å². The molecule has 0 saturated carbocycles. The predicted molar refractivity (Wildman–Crippen MR) is 62.4 cm³/mol. The van der Waals surface area contributed by atoms with Crippen LogP contribution >= 0.6 is 0 Å². The minimum Gasteiger partial charge on any atom is -0.478 e. The molecule has 0 amide bonds. The van der Waals surface area contributed by atoms with Gasteiger partial charge >= 0.3 is 0 Å². The average molecular weight is 199 g/mol. The Bertz CT molecular complexity index is 491. The van der Waals surface area contributed by atoms with Gasteiger partial charge in [-0.05, 0) is 29.8 Å². The lowest BCUT2D eigenvalue weighted by atomic mass is 10.1. The number of hydrogen-bond acceptors (Lipinski definition) is 2. The highest BCUT2D eigenvalue weighted by Crippen LogP contribution is 2.16. The minimum absolute atomic E-state index is 0.239. The number of fused-ring (bicyclic) bond motifs is 1. The zero-order valence-corrected chi connectivity index (χ0v) is 8.66. The fourth-order valence-corrected chi connectivity index (χ4v) is 1.56. The number of ether oxygens (including phenoxy) is 1. The van der Waals surface area contributed by atoms with Crippen molar-refractivity contribution in [2.75, 3.05) is 6.61 Å². The number of nitrogens with one attached hydrogen (secondary N) is 1. The van der Waals surface area contributed by atoms with E-state index in [1.807, 2.05) is 43.3 Å². The van der Waals surface area contributed by atoms with E-state index in [1.165, 1.54) is 5.39 Å². The molecule has 0 aliphatic rings. The molecule has 0 bridgehead atoms. The molecule has 0 aliphatic heterocycles. The van der Waals surface area contributed by atoms with E-state index in [9.17, 15) is 0 Å². The van der Waals surface area contributed by atoms with Crippen LogP contribution in [0.5, 0.6) is 0 Å². The van der Waals surface area contributed by atoms with Crippen LogP contribution in [0.1, 0.15) is 12.5 Å². The normalized spacial score (nSPS) is 10.2. The van der Waals surface area contributed by atoms with E-state index < -0.39 is 0 Å². The lowest BCUT2D eigenvalue weighted by Gasteiger charge is -2.05. The van der Waals surface area contributed by atoms with Crippen molar-refractivity contribution in [3.63, 3.8) is 0 Å². The number of rotatable bonds is 2. The number of hydrogen-bond donors (Lipinski definition) is 1. The molecular weight excluding hydrogens is 186 g/mol. The molecule has 2 heteroatoms. The Balaban J connectivity index is 2.42. The molecule has 0 unspecified atom stereocenters. The molecule has 2 rings (SSSR count). The summed E-state index contributed by atoms with van der Waals surface area (Å²) in [6, 6.07) is 14.0. The molecule has 0 saturated heterocycles. The van der Waals surface area contributed by atoms with Gasteiger partial charge in [-0.3, -0.25) is 5.41 Å². The fourth-order valence-electron chi connectivity index (χ4n) is 1.56. The van der Waals surface area contributed by atoms with Gasteiger partial charge in [-0.25, -0.2) is 0 Å². The van der Waals surface area contributed by atoms with Crippen molar-refractivity contribution in [1.82, 2.24) is 0 Å². The Morgan fingerprint density at radius 2 is 1.87 bits per heavy atom. The lowest BCUT2D eigenvalue weighted by molar-refractivity contribution is 0.325. The molecule has 0 atom stereocenters. The van der Waals surface area contributed by atoms with E-state index in [2.05, 4.69) is 6.07 Å². The maximum atomic E-state index is 7.68. The summed E-state index contributed by atoms with van der Waals surface area (Å²) >= 11 is 0. The van der Waals surface area contributed by atoms with E-state index in [1.54, 1.807) is 0 Å². The van der Waals surface area contributed by atoms with E-state index in [0.717, 1.165) is 10.9 Å². The molecule has 76 valence electrons. The van der Waals surface area contributed by atoms with Crippen molar-refractivity contribution in [2.45, 2.75) is 6.92 Å². The zero-order chi connectivity index (χ0) is 10.7. The monoisotopic (exact) mass is 199 g/mol. The molecule has 2 aromatic rings. The van der Waals surface area contributed by atoms with Crippen LogP contribution in [0, 0.1) is 5.41 Å². The van der Waals surface area contributed by atoms with Crippen LogP contribution in [0.2, 0.25) is 0 Å². The Hall–Kier alpha value is -1.83. The van der Waals surface area contributed by atoms with Crippen LogP contribution in [0.4, 0.5) is 0 Å². The van der Waals surface area contributed by atoms with Gasteiger partial charge in [0.1, 0.15) is 0 Å². The first kappa shape index (κ1) is 9.71. The summed E-state index contributed by atoms with van der Waals surface area (Å²) in [5.74, 6) is 0.239.